The van der Waals surface area contributed by atoms with Crippen molar-refractivity contribution >= 4 is 34.7 Å². The van der Waals surface area contributed by atoms with Crippen molar-refractivity contribution in [3.63, 3.8) is 0 Å². The van der Waals surface area contributed by atoms with E-state index in [2.05, 4.69) is 10.6 Å². The Labute approximate surface area is 194 Å². The van der Waals surface area contributed by atoms with E-state index >= 15 is 0 Å². The average molecular weight is 470 g/mol. The fourth-order valence-corrected chi connectivity index (χ4v) is 4.78. The molecule has 9 heteroatoms. The molecule has 0 spiro atoms. The van der Waals surface area contributed by atoms with Gasteiger partial charge in [0.15, 0.2) is 5.76 Å². The van der Waals surface area contributed by atoms with Gasteiger partial charge in [-0.25, -0.2) is 4.39 Å². The summed E-state index contributed by atoms with van der Waals surface area (Å²) in [5.74, 6) is -1.92. The van der Waals surface area contributed by atoms with E-state index in [-0.39, 0.29) is 23.4 Å². The van der Waals surface area contributed by atoms with Gasteiger partial charge in [0.1, 0.15) is 11.9 Å². The van der Waals surface area contributed by atoms with Crippen molar-refractivity contribution in [2.45, 2.75) is 37.8 Å². The fourth-order valence-electron chi connectivity index (χ4n) is 3.97. The number of carbonyl (C=O) groups is 3. The molecule has 0 aliphatic heterocycles. The number of rotatable bonds is 8. The van der Waals surface area contributed by atoms with Gasteiger partial charge in [-0.2, -0.15) is 0 Å². The van der Waals surface area contributed by atoms with Crippen LogP contribution in [0.25, 0.3) is 0 Å². The molecular formula is C24H24FN3O4S. The van der Waals surface area contributed by atoms with Gasteiger partial charge >= 0.3 is 0 Å². The molecule has 3 amide bonds. The van der Waals surface area contributed by atoms with E-state index in [0.717, 1.165) is 25.7 Å². The third-order valence-electron chi connectivity index (χ3n) is 5.52. The van der Waals surface area contributed by atoms with Gasteiger partial charge in [-0.15, -0.1) is 11.3 Å². The standard InChI is InChI=1S/C24H24FN3O4S/c25-16-6-3-9-18(14-16)28(21(29)15-26-23(30)19-10-4-12-32-19)22(20-11-5-13-33-20)24(31)27-17-7-1-2-8-17/h3-6,9-14,17,22H,1-2,7-8,15H2,(H,26,30)(H,27,31)/t22-/m1/s1. The molecule has 33 heavy (non-hydrogen) atoms. The van der Waals surface area contributed by atoms with Crippen LogP contribution in [-0.2, 0) is 9.59 Å². The second-order valence-electron chi connectivity index (χ2n) is 7.81. The number of thiophene rings is 1. The van der Waals surface area contributed by atoms with E-state index in [4.69, 9.17) is 4.42 Å². The Kier molecular flexibility index (Phi) is 7.19. The number of hydrogen-bond acceptors (Lipinski definition) is 5. The van der Waals surface area contributed by atoms with E-state index < -0.39 is 30.2 Å². The number of hydrogen-bond donors (Lipinski definition) is 2. The molecular weight excluding hydrogens is 445 g/mol. The van der Waals surface area contributed by atoms with Crippen LogP contribution < -0.4 is 15.5 Å². The highest BCUT2D eigenvalue weighted by Crippen LogP contribution is 2.32. The van der Waals surface area contributed by atoms with Gasteiger partial charge in [0.2, 0.25) is 11.8 Å². The normalized spacial score (nSPS) is 14.6. The van der Waals surface area contributed by atoms with E-state index in [1.54, 1.807) is 24.3 Å². The number of furan rings is 1. The molecule has 172 valence electrons. The minimum Gasteiger partial charge on any atom is -0.459 e. The molecule has 3 aromatic rings. The Hall–Kier alpha value is -3.46. The molecule has 2 heterocycles. The quantitative estimate of drug-likeness (QED) is 0.521. The Morgan fingerprint density at radius 3 is 2.61 bits per heavy atom. The van der Waals surface area contributed by atoms with Crippen LogP contribution in [0.3, 0.4) is 0 Å². The summed E-state index contributed by atoms with van der Waals surface area (Å²) in [7, 11) is 0. The predicted octanol–water partition coefficient (Wildman–Crippen LogP) is 4.04. The SMILES string of the molecule is O=C(NCC(=O)N(c1cccc(F)c1)[C@@H](C(=O)NC1CCCC1)c1cccs1)c1ccco1. The number of benzene rings is 1. The van der Waals surface area contributed by atoms with Gasteiger partial charge in [0.25, 0.3) is 5.91 Å². The van der Waals surface area contributed by atoms with Crippen molar-refractivity contribution in [3.8, 4) is 0 Å². The third-order valence-corrected chi connectivity index (χ3v) is 6.45. The molecule has 0 radical (unpaired) electrons. The maximum Gasteiger partial charge on any atom is 0.287 e. The zero-order valence-electron chi connectivity index (χ0n) is 17.8. The minimum absolute atomic E-state index is 0.0445. The third kappa shape index (κ3) is 5.48. The van der Waals surface area contributed by atoms with E-state index in [9.17, 15) is 18.8 Å². The molecule has 2 aromatic heterocycles. The smallest absolute Gasteiger partial charge is 0.287 e. The van der Waals surface area contributed by atoms with Crippen molar-refractivity contribution in [2.24, 2.45) is 0 Å². The lowest BCUT2D eigenvalue weighted by molar-refractivity contribution is -0.126. The number of nitrogens with one attached hydrogen (secondary N) is 2. The number of amides is 3. The maximum absolute atomic E-state index is 14.1. The molecule has 4 rings (SSSR count). The first-order valence-electron chi connectivity index (χ1n) is 10.8. The molecule has 1 atom stereocenters. The summed E-state index contributed by atoms with van der Waals surface area (Å²) in [6.45, 7) is -0.394. The zero-order valence-corrected chi connectivity index (χ0v) is 18.6. The first kappa shape index (κ1) is 22.7. The topological polar surface area (TPSA) is 91.7 Å². The fraction of sp³-hybridized carbons (Fsp3) is 0.292. The van der Waals surface area contributed by atoms with Crippen LogP contribution in [0.2, 0.25) is 0 Å². The summed E-state index contributed by atoms with van der Waals surface area (Å²) in [5, 5.41) is 7.39. The van der Waals surface area contributed by atoms with Gasteiger partial charge in [-0.05, 0) is 54.6 Å². The molecule has 7 nitrogen and oxygen atoms in total. The molecule has 1 fully saturated rings. The summed E-state index contributed by atoms with van der Waals surface area (Å²) in [6.07, 6.45) is 5.21. The monoisotopic (exact) mass is 469 g/mol. The van der Waals surface area contributed by atoms with E-state index in [1.165, 1.54) is 46.8 Å². The van der Waals surface area contributed by atoms with Crippen LogP contribution >= 0.6 is 11.3 Å². The number of carbonyl (C=O) groups excluding carboxylic acids is 3. The maximum atomic E-state index is 14.1. The van der Waals surface area contributed by atoms with Crippen LogP contribution in [0, 0.1) is 5.82 Å². The summed E-state index contributed by atoms with van der Waals surface area (Å²) in [4.78, 5) is 41.0. The lowest BCUT2D eigenvalue weighted by Gasteiger charge is -2.31. The van der Waals surface area contributed by atoms with Gasteiger partial charge in [0.05, 0.1) is 12.8 Å². The molecule has 0 bridgehead atoms. The lowest BCUT2D eigenvalue weighted by atomic mass is 10.1. The second kappa shape index (κ2) is 10.4. The van der Waals surface area contributed by atoms with Crippen molar-refractivity contribution in [3.05, 3.63) is 76.6 Å². The molecule has 1 aliphatic rings. The summed E-state index contributed by atoms with van der Waals surface area (Å²) in [6, 6.07) is 11.2. The van der Waals surface area contributed by atoms with Gasteiger partial charge < -0.3 is 15.1 Å². The first-order chi connectivity index (χ1) is 16.0. The van der Waals surface area contributed by atoms with Gasteiger partial charge in [-0.3, -0.25) is 19.3 Å². The molecule has 2 N–H and O–H groups in total. The average Bonchev–Trinajstić information content (AvgIpc) is 3.58. The molecule has 1 aliphatic carbocycles. The highest BCUT2D eigenvalue weighted by Gasteiger charge is 2.35. The van der Waals surface area contributed by atoms with Gasteiger partial charge in [-0.1, -0.05) is 25.0 Å². The molecule has 1 aromatic carbocycles. The van der Waals surface area contributed by atoms with Crippen molar-refractivity contribution in [1.29, 1.82) is 0 Å². The second-order valence-corrected chi connectivity index (χ2v) is 8.79. The molecule has 0 saturated heterocycles. The van der Waals surface area contributed by atoms with Crippen LogP contribution in [0.4, 0.5) is 10.1 Å². The predicted molar refractivity (Wildman–Crippen MR) is 122 cm³/mol. The van der Waals surface area contributed by atoms with Crippen LogP contribution in [0.1, 0.15) is 47.2 Å². The highest BCUT2D eigenvalue weighted by atomic mass is 32.1. The minimum atomic E-state index is -1.000. The zero-order chi connectivity index (χ0) is 23.2. The Morgan fingerprint density at radius 1 is 1.12 bits per heavy atom. The Balaban J connectivity index is 1.63. The summed E-state index contributed by atoms with van der Waals surface area (Å²) in [5.41, 5.74) is 0.229. The Bertz CT molecular complexity index is 1090. The lowest BCUT2D eigenvalue weighted by Crippen LogP contribution is -2.49. The van der Waals surface area contributed by atoms with E-state index in [0.29, 0.717) is 4.88 Å². The largest absolute Gasteiger partial charge is 0.459 e. The molecule has 0 unspecified atom stereocenters. The summed E-state index contributed by atoms with van der Waals surface area (Å²) >= 11 is 1.33. The molecule has 1 saturated carbocycles. The van der Waals surface area contributed by atoms with Crippen molar-refractivity contribution in [2.75, 3.05) is 11.4 Å². The van der Waals surface area contributed by atoms with Crippen LogP contribution in [0.15, 0.2) is 64.6 Å². The highest BCUT2D eigenvalue weighted by molar-refractivity contribution is 7.10. The number of halogens is 1. The summed E-state index contributed by atoms with van der Waals surface area (Å²) < 4.78 is 19.2. The first-order valence-corrected chi connectivity index (χ1v) is 11.6. The van der Waals surface area contributed by atoms with Crippen LogP contribution in [-0.4, -0.2) is 30.3 Å². The van der Waals surface area contributed by atoms with Crippen molar-refractivity contribution in [1.82, 2.24) is 10.6 Å². The number of anilines is 1. The number of nitrogens with zero attached hydrogens (tertiary/aromatic N) is 1. The Morgan fingerprint density at radius 2 is 1.94 bits per heavy atom. The van der Waals surface area contributed by atoms with Gasteiger partial charge in [0, 0.05) is 16.6 Å². The van der Waals surface area contributed by atoms with Crippen molar-refractivity contribution < 1.29 is 23.2 Å². The van der Waals surface area contributed by atoms with Crippen LogP contribution in [0.5, 0.6) is 0 Å². The van der Waals surface area contributed by atoms with E-state index in [1.807, 2.05) is 5.38 Å².